The summed E-state index contributed by atoms with van der Waals surface area (Å²) in [5.41, 5.74) is 1.46. The molecule has 0 aromatic heterocycles. The summed E-state index contributed by atoms with van der Waals surface area (Å²) in [5, 5.41) is 17.9. The Bertz CT molecular complexity index is 606. The first-order valence-corrected chi connectivity index (χ1v) is 9.69. The van der Waals surface area contributed by atoms with Crippen molar-refractivity contribution in [2.24, 2.45) is 17.8 Å². The zero-order chi connectivity index (χ0) is 19.9. The molecule has 0 aliphatic heterocycles. The molecule has 4 heteroatoms. The Labute approximate surface area is 157 Å². The maximum absolute atomic E-state index is 12.2. The molecule has 0 amide bonds. The van der Waals surface area contributed by atoms with E-state index >= 15 is 0 Å². The van der Waals surface area contributed by atoms with Gasteiger partial charge in [-0.1, -0.05) is 65.3 Å². The molecule has 2 N–H and O–H groups in total. The molecule has 2 unspecified atom stereocenters. The van der Waals surface area contributed by atoms with Crippen molar-refractivity contribution in [1.82, 2.24) is 0 Å². The third-order valence-corrected chi connectivity index (χ3v) is 5.26. The molecule has 1 aromatic rings. The highest BCUT2D eigenvalue weighted by molar-refractivity contribution is 5.84. The van der Waals surface area contributed by atoms with Crippen LogP contribution in [0.25, 0.3) is 0 Å². The van der Waals surface area contributed by atoms with Crippen molar-refractivity contribution in [3.8, 4) is 0 Å². The lowest BCUT2D eigenvalue weighted by molar-refractivity contribution is -0.147. The second-order valence-corrected chi connectivity index (χ2v) is 8.12. The molecule has 2 atom stereocenters. The van der Waals surface area contributed by atoms with Gasteiger partial charge in [0.1, 0.15) is 0 Å². The van der Waals surface area contributed by atoms with Gasteiger partial charge in [0.15, 0.2) is 0 Å². The van der Waals surface area contributed by atoms with Crippen LogP contribution in [0, 0.1) is 17.8 Å². The predicted molar refractivity (Wildman–Crippen MR) is 104 cm³/mol. The van der Waals surface area contributed by atoms with Gasteiger partial charge in [-0.2, -0.15) is 0 Å². The van der Waals surface area contributed by atoms with E-state index in [1.54, 1.807) is 0 Å². The fourth-order valence-electron chi connectivity index (χ4n) is 3.96. The molecular weight excluding hydrogens is 328 g/mol. The standard InChI is InChI=1S/C18H26O2.C4H8O2/c1-12(2)8-9-16(13(3)4)18(17(19)20)11-14-6-5-7-15(18)10-14;1-2-3-4(5)6/h5-7,10,12-13,16H,8-9,11H2,1-4H3,(H,19,20);2-3H2,1H3,(H,5,6). The molecule has 0 saturated carbocycles. The SMILES string of the molecule is CC(C)CCC(C(C)C)C1(C(=O)O)Cc2cccc1c2.CCCC(=O)O. The van der Waals surface area contributed by atoms with Crippen LogP contribution >= 0.6 is 0 Å². The van der Waals surface area contributed by atoms with E-state index < -0.39 is 17.4 Å². The van der Waals surface area contributed by atoms with Crippen molar-refractivity contribution in [2.45, 2.75) is 72.1 Å². The first kappa shape index (κ1) is 22.2. The number of carboxylic acid groups (broad SMARTS) is 2. The molecule has 1 aromatic carbocycles. The van der Waals surface area contributed by atoms with Crippen LogP contribution in [0.1, 0.15) is 71.4 Å². The Morgan fingerprint density at radius 2 is 1.77 bits per heavy atom. The van der Waals surface area contributed by atoms with Gasteiger partial charge in [-0.3, -0.25) is 9.59 Å². The number of carbonyl (C=O) groups is 2. The Hall–Kier alpha value is -1.84. The zero-order valence-corrected chi connectivity index (χ0v) is 16.8. The summed E-state index contributed by atoms with van der Waals surface area (Å²) >= 11 is 0. The summed E-state index contributed by atoms with van der Waals surface area (Å²) in [6.45, 7) is 10.6. The van der Waals surface area contributed by atoms with Crippen LogP contribution in [0.3, 0.4) is 0 Å². The monoisotopic (exact) mass is 362 g/mol. The molecule has 0 saturated heterocycles. The van der Waals surface area contributed by atoms with E-state index in [4.69, 9.17) is 5.11 Å². The lowest BCUT2D eigenvalue weighted by atomic mass is 9.64. The van der Waals surface area contributed by atoms with E-state index in [9.17, 15) is 14.7 Å². The van der Waals surface area contributed by atoms with Gasteiger partial charge in [-0.25, -0.2) is 0 Å². The number of rotatable bonds is 8. The Balaban J connectivity index is 0.000000487. The van der Waals surface area contributed by atoms with Crippen LogP contribution in [0.15, 0.2) is 24.3 Å². The van der Waals surface area contributed by atoms with Gasteiger partial charge in [0.2, 0.25) is 0 Å². The van der Waals surface area contributed by atoms with Gasteiger partial charge in [0.25, 0.3) is 0 Å². The quantitative estimate of drug-likeness (QED) is 0.671. The average molecular weight is 363 g/mol. The highest BCUT2D eigenvalue weighted by atomic mass is 16.4. The number of hydrogen-bond acceptors (Lipinski definition) is 2. The van der Waals surface area contributed by atoms with Crippen LogP contribution in [0.4, 0.5) is 0 Å². The maximum Gasteiger partial charge on any atom is 0.314 e. The largest absolute Gasteiger partial charge is 0.481 e. The highest BCUT2D eigenvalue weighted by Gasteiger charge is 2.50. The summed E-state index contributed by atoms with van der Waals surface area (Å²) in [5.74, 6) is -0.174. The number of hydrogen-bond donors (Lipinski definition) is 2. The molecule has 146 valence electrons. The topological polar surface area (TPSA) is 74.6 Å². The maximum atomic E-state index is 12.2. The molecule has 1 aliphatic rings. The predicted octanol–water partition coefficient (Wildman–Crippen LogP) is 5.14. The van der Waals surface area contributed by atoms with Crippen LogP contribution in [-0.4, -0.2) is 22.2 Å². The van der Waals surface area contributed by atoms with Gasteiger partial charge in [-0.05, 0) is 48.1 Å². The van der Waals surface area contributed by atoms with Crippen LogP contribution in [-0.2, 0) is 21.4 Å². The van der Waals surface area contributed by atoms with Crippen LogP contribution < -0.4 is 0 Å². The smallest absolute Gasteiger partial charge is 0.314 e. The zero-order valence-electron chi connectivity index (χ0n) is 16.8. The molecule has 0 fully saturated rings. The molecular formula is C22H34O4. The lowest BCUT2D eigenvalue weighted by Gasteiger charge is -2.37. The van der Waals surface area contributed by atoms with Gasteiger partial charge in [0.05, 0.1) is 5.41 Å². The molecule has 0 radical (unpaired) electrons. The van der Waals surface area contributed by atoms with E-state index in [0.717, 1.165) is 24.8 Å². The minimum Gasteiger partial charge on any atom is -0.481 e. The summed E-state index contributed by atoms with van der Waals surface area (Å²) < 4.78 is 0. The Morgan fingerprint density at radius 1 is 1.12 bits per heavy atom. The van der Waals surface area contributed by atoms with Gasteiger partial charge in [0, 0.05) is 6.42 Å². The van der Waals surface area contributed by atoms with E-state index in [0.29, 0.717) is 24.7 Å². The number of fused-ring (bicyclic) bond motifs is 2. The Kier molecular flexibility index (Phi) is 8.32. The van der Waals surface area contributed by atoms with E-state index in [1.165, 1.54) is 5.56 Å². The minimum absolute atomic E-state index is 0.197. The summed E-state index contributed by atoms with van der Waals surface area (Å²) in [7, 11) is 0. The van der Waals surface area contributed by atoms with Gasteiger partial charge >= 0.3 is 11.9 Å². The molecule has 0 spiro atoms. The van der Waals surface area contributed by atoms with Crippen molar-refractivity contribution >= 4 is 11.9 Å². The fraction of sp³-hybridized carbons (Fsp3) is 0.636. The summed E-state index contributed by atoms with van der Waals surface area (Å²) in [6.07, 6.45) is 3.76. The number of benzene rings is 1. The molecule has 4 nitrogen and oxygen atoms in total. The molecule has 2 bridgehead atoms. The Morgan fingerprint density at radius 3 is 2.15 bits per heavy atom. The minimum atomic E-state index is -0.711. The third kappa shape index (κ3) is 5.33. The van der Waals surface area contributed by atoms with Gasteiger partial charge in [-0.15, -0.1) is 0 Å². The fourth-order valence-corrected chi connectivity index (χ4v) is 3.96. The third-order valence-electron chi connectivity index (χ3n) is 5.26. The van der Waals surface area contributed by atoms with E-state index in [2.05, 4.69) is 33.8 Å². The van der Waals surface area contributed by atoms with Crippen LogP contribution in [0.5, 0.6) is 0 Å². The first-order valence-electron chi connectivity index (χ1n) is 9.69. The summed E-state index contributed by atoms with van der Waals surface area (Å²) in [6, 6.07) is 8.12. The summed E-state index contributed by atoms with van der Waals surface area (Å²) in [4.78, 5) is 21.8. The molecule has 26 heavy (non-hydrogen) atoms. The average Bonchev–Trinajstić information content (AvgIpc) is 2.78. The highest BCUT2D eigenvalue weighted by Crippen LogP contribution is 2.46. The molecule has 2 rings (SSSR count). The van der Waals surface area contributed by atoms with Crippen LogP contribution in [0.2, 0.25) is 0 Å². The van der Waals surface area contributed by atoms with Crippen molar-refractivity contribution in [1.29, 1.82) is 0 Å². The number of aliphatic carboxylic acids is 2. The van der Waals surface area contributed by atoms with Crippen molar-refractivity contribution in [3.63, 3.8) is 0 Å². The second kappa shape index (κ2) is 9.75. The normalized spacial score (nSPS) is 19.2. The molecule has 1 aliphatic carbocycles. The van der Waals surface area contributed by atoms with E-state index in [1.807, 2.05) is 25.1 Å². The lowest BCUT2D eigenvalue weighted by Crippen LogP contribution is -2.45. The number of carboxylic acids is 2. The first-order chi connectivity index (χ1) is 12.1. The van der Waals surface area contributed by atoms with E-state index in [-0.39, 0.29) is 5.92 Å². The molecule has 0 heterocycles. The van der Waals surface area contributed by atoms with Gasteiger partial charge < -0.3 is 10.2 Å². The van der Waals surface area contributed by atoms with Crippen molar-refractivity contribution in [2.75, 3.05) is 0 Å². The van der Waals surface area contributed by atoms with Crippen molar-refractivity contribution < 1.29 is 19.8 Å². The van der Waals surface area contributed by atoms with Crippen molar-refractivity contribution in [3.05, 3.63) is 35.4 Å². The second-order valence-electron chi connectivity index (χ2n) is 8.12.